The van der Waals surface area contributed by atoms with E-state index in [2.05, 4.69) is 46.8 Å². The van der Waals surface area contributed by atoms with E-state index >= 15 is 0 Å². The molecule has 1 amide bonds. The molecular weight excluding hydrogens is 416 g/mol. The molecule has 2 aromatic carbocycles. The number of amides is 1. The van der Waals surface area contributed by atoms with Gasteiger partial charge in [-0.2, -0.15) is 0 Å². The molecule has 7 heteroatoms. The van der Waals surface area contributed by atoms with Gasteiger partial charge in [0.1, 0.15) is 0 Å². The molecular formula is C23H27ClN4OS. The van der Waals surface area contributed by atoms with Gasteiger partial charge in [0.25, 0.3) is 5.91 Å². The van der Waals surface area contributed by atoms with E-state index in [4.69, 9.17) is 23.8 Å². The Morgan fingerprint density at radius 2 is 1.80 bits per heavy atom. The molecule has 0 radical (unpaired) electrons. The summed E-state index contributed by atoms with van der Waals surface area (Å²) in [5, 5.41) is 10.4. The highest BCUT2D eigenvalue weighted by Gasteiger charge is 2.30. The Balaban J connectivity index is 1.92. The van der Waals surface area contributed by atoms with Crippen molar-refractivity contribution in [1.29, 1.82) is 0 Å². The summed E-state index contributed by atoms with van der Waals surface area (Å²) < 4.78 is 0. The maximum absolute atomic E-state index is 13.3. The Morgan fingerprint density at radius 1 is 1.13 bits per heavy atom. The summed E-state index contributed by atoms with van der Waals surface area (Å²) in [6, 6.07) is 13.4. The van der Waals surface area contributed by atoms with Gasteiger partial charge in [-0.1, -0.05) is 29.8 Å². The van der Waals surface area contributed by atoms with Gasteiger partial charge in [0, 0.05) is 35.2 Å². The Morgan fingerprint density at radius 3 is 2.43 bits per heavy atom. The van der Waals surface area contributed by atoms with Crippen LogP contribution in [0.1, 0.15) is 37.9 Å². The molecule has 0 spiro atoms. The maximum atomic E-state index is 13.3. The lowest BCUT2D eigenvalue weighted by Gasteiger charge is -2.31. The average molecular weight is 443 g/mol. The molecule has 0 bridgehead atoms. The van der Waals surface area contributed by atoms with Gasteiger partial charge in [-0.05, 0) is 75.3 Å². The monoisotopic (exact) mass is 442 g/mol. The van der Waals surface area contributed by atoms with Crippen LogP contribution in [0.4, 0.5) is 11.4 Å². The van der Waals surface area contributed by atoms with Crippen LogP contribution in [0.5, 0.6) is 0 Å². The van der Waals surface area contributed by atoms with E-state index in [0.717, 1.165) is 35.6 Å². The quantitative estimate of drug-likeness (QED) is 0.554. The standard InChI is InChI=1S/C23H27ClN4OS/c1-5-28(6-2)18-11-8-16(9-12-18)21-20(15(4)25-23(30)27-21)22(29)26-19-13-17(24)10-7-14(19)3/h7-13,21H,5-6H2,1-4H3,(H,26,29)(H2,25,27,30). The third-order valence-corrected chi connectivity index (χ3v) is 5.77. The van der Waals surface area contributed by atoms with E-state index in [1.807, 2.05) is 32.0 Å². The van der Waals surface area contributed by atoms with Crippen LogP contribution in [0.15, 0.2) is 53.7 Å². The summed E-state index contributed by atoms with van der Waals surface area (Å²) in [6.07, 6.45) is 0. The predicted molar refractivity (Wildman–Crippen MR) is 129 cm³/mol. The largest absolute Gasteiger partial charge is 0.372 e. The Hall–Kier alpha value is -2.57. The first-order chi connectivity index (χ1) is 14.3. The lowest BCUT2D eigenvalue weighted by molar-refractivity contribution is -0.113. The lowest BCUT2D eigenvalue weighted by Crippen LogP contribution is -2.45. The number of aryl methyl sites for hydroxylation is 1. The van der Waals surface area contributed by atoms with Crippen molar-refractivity contribution in [3.05, 3.63) is 69.9 Å². The number of benzene rings is 2. The second-order valence-corrected chi connectivity index (χ2v) is 8.09. The number of allylic oxidation sites excluding steroid dienone is 1. The van der Waals surface area contributed by atoms with E-state index < -0.39 is 0 Å². The molecule has 2 aromatic rings. The summed E-state index contributed by atoms with van der Waals surface area (Å²) in [7, 11) is 0. The SMILES string of the molecule is CCN(CC)c1ccc(C2NC(=S)NC(C)=C2C(=O)Nc2cc(Cl)ccc2C)cc1. The number of rotatable bonds is 6. The van der Waals surface area contributed by atoms with Gasteiger partial charge in [0.05, 0.1) is 11.6 Å². The highest BCUT2D eigenvalue weighted by Crippen LogP contribution is 2.30. The molecule has 0 aromatic heterocycles. The van der Waals surface area contributed by atoms with Crippen molar-refractivity contribution in [1.82, 2.24) is 10.6 Å². The first-order valence-electron chi connectivity index (χ1n) is 10.0. The van der Waals surface area contributed by atoms with Crippen LogP contribution in [-0.2, 0) is 4.79 Å². The predicted octanol–water partition coefficient (Wildman–Crippen LogP) is 4.93. The summed E-state index contributed by atoms with van der Waals surface area (Å²) >= 11 is 11.5. The van der Waals surface area contributed by atoms with Crippen molar-refractivity contribution >= 4 is 46.2 Å². The fraction of sp³-hybridized carbons (Fsp3) is 0.304. The maximum Gasteiger partial charge on any atom is 0.255 e. The van der Waals surface area contributed by atoms with Crippen LogP contribution in [0.3, 0.4) is 0 Å². The van der Waals surface area contributed by atoms with Crippen molar-refractivity contribution in [3.8, 4) is 0 Å². The molecule has 1 aliphatic rings. The molecule has 0 fully saturated rings. The third-order valence-electron chi connectivity index (χ3n) is 5.32. The van der Waals surface area contributed by atoms with Gasteiger partial charge in [0.2, 0.25) is 0 Å². The number of thiocarbonyl (C=S) groups is 1. The smallest absolute Gasteiger partial charge is 0.255 e. The van der Waals surface area contributed by atoms with Crippen LogP contribution >= 0.6 is 23.8 Å². The topological polar surface area (TPSA) is 56.4 Å². The number of hydrogen-bond donors (Lipinski definition) is 3. The third kappa shape index (κ3) is 4.77. The molecule has 30 heavy (non-hydrogen) atoms. The Kier molecular flexibility index (Phi) is 7.00. The number of halogens is 1. The normalized spacial score (nSPS) is 16.0. The molecule has 0 aliphatic carbocycles. The van der Waals surface area contributed by atoms with Crippen LogP contribution in [-0.4, -0.2) is 24.1 Å². The van der Waals surface area contributed by atoms with Gasteiger partial charge in [-0.15, -0.1) is 0 Å². The first kappa shape index (κ1) is 22.1. The van der Waals surface area contributed by atoms with Crippen LogP contribution in [0.25, 0.3) is 0 Å². The summed E-state index contributed by atoms with van der Waals surface area (Å²) in [6.45, 7) is 9.95. The second-order valence-electron chi connectivity index (χ2n) is 7.25. The highest BCUT2D eigenvalue weighted by molar-refractivity contribution is 7.80. The molecule has 0 saturated carbocycles. The van der Waals surface area contributed by atoms with Crippen molar-refractivity contribution in [3.63, 3.8) is 0 Å². The van der Waals surface area contributed by atoms with Gasteiger partial charge >= 0.3 is 0 Å². The molecule has 1 unspecified atom stereocenters. The fourth-order valence-corrected chi connectivity index (χ4v) is 4.07. The van der Waals surface area contributed by atoms with E-state index in [-0.39, 0.29) is 11.9 Å². The number of nitrogens with zero attached hydrogens (tertiary/aromatic N) is 1. The van der Waals surface area contributed by atoms with Crippen molar-refractivity contribution in [2.45, 2.75) is 33.7 Å². The average Bonchev–Trinajstić information content (AvgIpc) is 2.71. The molecule has 1 aliphatic heterocycles. The van der Waals surface area contributed by atoms with E-state index in [1.54, 1.807) is 12.1 Å². The molecule has 1 heterocycles. The molecule has 1 atom stereocenters. The summed E-state index contributed by atoms with van der Waals surface area (Å²) in [4.78, 5) is 15.5. The first-order valence-corrected chi connectivity index (χ1v) is 10.8. The zero-order valence-electron chi connectivity index (χ0n) is 17.7. The highest BCUT2D eigenvalue weighted by atomic mass is 35.5. The van der Waals surface area contributed by atoms with E-state index in [1.165, 1.54) is 0 Å². The van der Waals surface area contributed by atoms with Gasteiger partial charge in [0.15, 0.2) is 5.11 Å². The zero-order chi connectivity index (χ0) is 21.8. The van der Waals surface area contributed by atoms with Gasteiger partial charge in [-0.3, -0.25) is 4.79 Å². The minimum absolute atomic E-state index is 0.196. The zero-order valence-corrected chi connectivity index (χ0v) is 19.2. The number of anilines is 2. The number of hydrogen-bond acceptors (Lipinski definition) is 3. The van der Waals surface area contributed by atoms with Crippen LogP contribution in [0.2, 0.25) is 5.02 Å². The van der Waals surface area contributed by atoms with Gasteiger partial charge in [-0.25, -0.2) is 0 Å². The van der Waals surface area contributed by atoms with Crippen molar-refractivity contribution in [2.24, 2.45) is 0 Å². The molecule has 5 nitrogen and oxygen atoms in total. The van der Waals surface area contributed by atoms with E-state index in [0.29, 0.717) is 21.4 Å². The fourth-order valence-electron chi connectivity index (χ4n) is 3.63. The molecule has 158 valence electrons. The van der Waals surface area contributed by atoms with Crippen LogP contribution in [0, 0.1) is 6.92 Å². The number of nitrogens with one attached hydrogen (secondary N) is 3. The summed E-state index contributed by atoms with van der Waals surface area (Å²) in [5.41, 5.74) is 5.09. The Bertz CT molecular complexity index is 983. The second kappa shape index (κ2) is 9.49. The number of carbonyl (C=O) groups is 1. The van der Waals surface area contributed by atoms with Crippen LogP contribution < -0.4 is 20.9 Å². The molecule has 3 rings (SSSR count). The Labute approximate surface area is 188 Å². The molecule has 3 N–H and O–H groups in total. The van der Waals surface area contributed by atoms with Gasteiger partial charge < -0.3 is 20.9 Å². The minimum Gasteiger partial charge on any atom is -0.372 e. The van der Waals surface area contributed by atoms with Crippen molar-refractivity contribution in [2.75, 3.05) is 23.3 Å². The molecule has 0 saturated heterocycles. The lowest BCUT2D eigenvalue weighted by atomic mass is 9.94. The number of carbonyl (C=O) groups excluding carboxylic acids is 1. The van der Waals surface area contributed by atoms with Crippen molar-refractivity contribution < 1.29 is 4.79 Å². The van der Waals surface area contributed by atoms with E-state index in [9.17, 15) is 4.79 Å². The summed E-state index contributed by atoms with van der Waals surface area (Å²) in [5.74, 6) is -0.196. The minimum atomic E-state index is -0.344.